The van der Waals surface area contributed by atoms with Crippen LogP contribution in [0.2, 0.25) is 0 Å². The Balaban J connectivity index is 1.87. The minimum absolute atomic E-state index is 0.120. The number of carboxylic acid groups (broad SMARTS) is 1. The molecule has 3 N–H and O–H groups in total. The first-order valence-corrected chi connectivity index (χ1v) is 15.9. The van der Waals surface area contributed by atoms with Gasteiger partial charge in [-0.05, 0) is 76.1 Å². The highest BCUT2D eigenvalue weighted by molar-refractivity contribution is 5.99. The number of aliphatic hydroxyl groups excluding tert-OH is 1. The third-order valence-corrected chi connectivity index (χ3v) is 8.12. The number of nitrogens with one attached hydrogen (secondary N) is 1. The number of hydrogen-bond donors (Lipinski definition) is 3. The lowest BCUT2D eigenvalue weighted by Crippen LogP contribution is -2.47. The van der Waals surface area contributed by atoms with E-state index in [2.05, 4.69) is 10.2 Å². The number of amides is 2. The molecule has 0 saturated heterocycles. The van der Waals surface area contributed by atoms with Gasteiger partial charge < -0.3 is 29.9 Å². The van der Waals surface area contributed by atoms with Gasteiger partial charge in [0.1, 0.15) is 5.75 Å². The Kier molecular flexibility index (Phi) is 14.0. The number of nitrogens with zero attached hydrogens (tertiary/aromatic N) is 2. The zero-order valence-corrected chi connectivity index (χ0v) is 27.4. The van der Waals surface area contributed by atoms with Crippen LogP contribution in [0.5, 0.6) is 5.75 Å². The van der Waals surface area contributed by atoms with Crippen molar-refractivity contribution in [3.8, 4) is 5.75 Å². The molecule has 3 rings (SSSR count). The summed E-state index contributed by atoms with van der Waals surface area (Å²) in [4.78, 5) is 41.3. The van der Waals surface area contributed by atoms with E-state index in [0.717, 1.165) is 18.4 Å². The number of hydrogen-bond acceptors (Lipinski definition) is 7. The maximum atomic E-state index is 14.2. The number of carbonyl (C=O) groups excluding carboxylic acids is 2. The topological polar surface area (TPSA) is 129 Å². The highest BCUT2D eigenvalue weighted by Gasteiger charge is 2.31. The molecular weight excluding hydrogens is 619 g/mol. The summed E-state index contributed by atoms with van der Waals surface area (Å²) >= 11 is 0. The summed E-state index contributed by atoms with van der Waals surface area (Å²) in [5, 5.41) is 21.8. The zero-order valence-electron chi connectivity index (χ0n) is 27.4. The van der Waals surface area contributed by atoms with Gasteiger partial charge in [-0.3, -0.25) is 14.5 Å². The van der Waals surface area contributed by atoms with Gasteiger partial charge in [0.05, 0.1) is 42.4 Å². The van der Waals surface area contributed by atoms with Crippen molar-refractivity contribution in [3.63, 3.8) is 0 Å². The summed E-state index contributed by atoms with van der Waals surface area (Å²) in [6.07, 6.45) is -4.80. The van der Waals surface area contributed by atoms with Gasteiger partial charge in [-0.15, -0.1) is 0 Å². The standard InChI is InChI=1S/C34H46F3N3O7/c1-22-18-40(23(2)21-41)32(43)28-17-27(38-31(42)14-15-34(35,36)37)12-13-29(28)47-24(3)7-5-6-16-46-30(22)20-39(4)19-25-8-10-26(11-9-25)33(44)45/h8-13,17,22-24,30,41H,5-7,14-16,18-21H2,1-4H3,(H,38,42)(H,44,45)/t22-,23-,24-,30+/m0/s1. The molecule has 0 saturated carbocycles. The molecule has 13 heteroatoms. The van der Waals surface area contributed by atoms with Crippen molar-refractivity contribution in [1.82, 2.24) is 9.80 Å². The molecular formula is C34H46F3N3O7. The van der Waals surface area contributed by atoms with Gasteiger partial charge >= 0.3 is 12.1 Å². The summed E-state index contributed by atoms with van der Waals surface area (Å²) < 4.78 is 50.5. The minimum Gasteiger partial charge on any atom is -0.490 e. The number of ether oxygens (including phenoxy) is 2. The average molecular weight is 666 g/mol. The lowest BCUT2D eigenvalue weighted by molar-refractivity contribution is -0.142. The van der Waals surface area contributed by atoms with Gasteiger partial charge in [0.2, 0.25) is 5.91 Å². The molecule has 0 spiro atoms. The Morgan fingerprint density at radius 1 is 1.13 bits per heavy atom. The van der Waals surface area contributed by atoms with Crippen molar-refractivity contribution in [2.75, 3.05) is 38.7 Å². The molecule has 1 aliphatic heterocycles. The summed E-state index contributed by atoms with van der Waals surface area (Å²) in [5.74, 6) is -2.21. The summed E-state index contributed by atoms with van der Waals surface area (Å²) in [6, 6.07) is 10.5. The molecule has 4 atom stereocenters. The maximum absolute atomic E-state index is 14.2. The Morgan fingerprint density at radius 3 is 2.47 bits per heavy atom. The molecule has 2 aromatic carbocycles. The van der Waals surface area contributed by atoms with Gasteiger partial charge in [-0.2, -0.15) is 13.2 Å². The van der Waals surface area contributed by atoms with Crippen molar-refractivity contribution in [1.29, 1.82) is 0 Å². The Morgan fingerprint density at radius 2 is 1.83 bits per heavy atom. The van der Waals surface area contributed by atoms with Crippen LogP contribution in [0.1, 0.15) is 79.2 Å². The second-order valence-electron chi connectivity index (χ2n) is 12.4. The number of aromatic carboxylic acids is 1. The van der Waals surface area contributed by atoms with Gasteiger partial charge in [-0.1, -0.05) is 19.1 Å². The van der Waals surface area contributed by atoms with E-state index in [4.69, 9.17) is 9.47 Å². The van der Waals surface area contributed by atoms with E-state index in [0.29, 0.717) is 26.1 Å². The van der Waals surface area contributed by atoms with Gasteiger partial charge in [0.25, 0.3) is 5.91 Å². The van der Waals surface area contributed by atoms with Crippen LogP contribution in [0, 0.1) is 5.92 Å². The second kappa shape index (κ2) is 17.5. The van der Waals surface area contributed by atoms with Crippen LogP contribution < -0.4 is 10.1 Å². The monoisotopic (exact) mass is 665 g/mol. The van der Waals surface area contributed by atoms with Crippen LogP contribution in [-0.2, 0) is 16.1 Å². The van der Waals surface area contributed by atoms with Crippen LogP contribution in [0.4, 0.5) is 18.9 Å². The molecule has 47 heavy (non-hydrogen) atoms. The summed E-state index contributed by atoms with van der Waals surface area (Å²) in [7, 11) is 1.94. The molecule has 0 bridgehead atoms. The van der Waals surface area contributed by atoms with Crippen molar-refractivity contribution < 1.29 is 47.2 Å². The number of carboxylic acids is 1. The Labute approximate surface area is 273 Å². The molecule has 0 aromatic heterocycles. The first kappa shape index (κ1) is 37.8. The summed E-state index contributed by atoms with van der Waals surface area (Å²) in [6.45, 7) is 7.00. The van der Waals surface area contributed by atoms with E-state index in [9.17, 15) is 37.8 Å². The number of anilines is 1. The quantitative estimate of drug-likeness (QED) is 0.300. The Bertz CT molecular complexity index is 1340. The van der Waals surface area contributed by atoms with Crippen LogP contribution in [-0.4, -0.2) is 95.6 Å². The highest BCUT2D eigenvalue weighted by Crippen LogP contribution is 2.29. The molecule has 1 aliphatic rings. The minimum atomic E-state index is -4.48. The van der Waals surface area contributed by atoms with E-state index in [1.807, 2.05) is 20.9 Å². The van der Waals surface area contributed by atoms with Crippen molar-refractivity contribution in [2.24, 2.45) is 5.92 Å². The van der Waals surface area contributed by atoms with E-state index < -0.39 is 42.8 Å². The molecule has 260 valence electrons. The van der Waals surface area contributed by atoms with Crippen molar-refractivity contribution in [2.45, 2.75) is 83.8 Å². The SMILES string of the molecule is C[C@H]1CCCCO[C@H](CN(C)Cc2ccc(C(=O)O)cc2)[C@@H](C)CN([C@@H](C)CO)C(=O)c2cc(NC(=O)CCC(F)(F)F)ccc2O1. The molecule has 0 aliphatic carbocycles. The fourth-order valence-corrected chi connectivity index (χ4v) is 5.38. The lowest BCUT2D eigenvalue weighted by atomic mass is 10.0. The van der Waals surface area contributed by atoms with Gasteiger partial charge in [0, 0.05) is 44.3 Å². The maximum Gasteiger partial charge on any atom is 0.389 e. The number of fused-ring (bicyclic) bond motifs is 1. The van der Waals surface area contributed by atoms with E-state index >= 15 is 0 Å². The third-order valence-electron chi connectivity index (χ3n) is 8.12. The predicted octanol–water partition coefficient (Wildman–Crippen LogP) is 5.59. The first-order valence-electron chi connectivity index (χ1n) is 15.9. The molecule has 1 heterocycles. The summed E-state index contributed by atoms with van der Waals surface area (Å²) in [5.41, 5.74) is 1.42. The van der Waals surface area contributed by atoms with Crippen LogP contribution in [0.3, 0.4) is 0 Å². The van der Waals surface area contributed by atoms with E-state index in [1.54, 1.807) is 31.2 Å². The number of alkyl halides is 3. The van der Waals surface area contributed by atoms with Crippen LogP contribution in [0.15, 0.2) is 42.5 Å². The smallest absolute Gasteiger partial charge is 0.389 e. The lowest BCUT2D eigenvalue weighted by Gasteiger charge is -2.36. The zero-order chi connectivity index (χ0) is 34.7. The van der Waals surface area contributed by atoms with Crippen LogP contribution in [0.25, 0.3) is 0 Å². The predicted molar refractivity (Wildman–Crippen MR) is 171 cm³/mol. The van der Waals surface area contributed by atoms with Crippen LogP contribution >= 0.6 is 0 Å². The van der Waals surface area contributed by atoms with E-state index in [1.165, 1.54) is 23.1 Å². The largest absolute Gasteiger partial charge is 0.490 e. The number of aliphatic hydroxyl groups is 1. The highest BCUT2D eigenvalue weighted by atomic mass is 19.4. The number of likely N-dealkylation sites (N-methyl/N-ethyl adjacent to an activating group) is 1. The fourth-order valence-electron chi connectivity index (χ4n) is 5.38. The molecule has 10 nitrogen and oxygen atoms in total. The van der Waals surface area contributed by atoms with Gasteiger partial charge in [-0.25, -0.2) is 4.79 Å². The molecule has 2 amide bonds. The van der Waals surface area contributed by atoms with Crippen molar-refractivity contribution >= 4 is 23.5 Å². The number of rotatable bonds is 10. The van der Waals surface area contributed by atoms with E-state index in [-0.39, 0.29) is 53.8 Å². The number of carbonyl (C=O) groups is 3. The molecule has 2 aromatic rings. The Hall–Kier alpha value is -3.68. The fraction of sp³-hybridized carbons (Fsp3) is 0.559. The molecule has 0 fully saturated rings. The molecule has 0 unspecified atom stereocenters. The third kappa shape index (κ3) is 12.1. The first-order chi connectivity index (χ1) is 22.2. The van der Waals surface area contributed by atoms with Gasteiger partial charge in [0.15, 0.2) is 0 Å². The number of halogens is 3. The molecule has 0 radical (unpaired) electrons. The normalized spacial score (nSPS) is 20.6. The second-order valence-corrected chi connectivity index (χ2v) is 12.4. The van der Waals surface area contributed by atoms with Crippen molar-refractivity contribution in [3.05, 3.63) is 59.2 Å². The number of benzene rings is 2. The average Bonchev–Trinajstić information content (AvgIpc) is 3.01.